The van der Waals surface area contributed by atoms with Crippen LogP contribution in [-0.4, -0.2) is 42.5 Å². The molecule has 0 radical (unpaired) electrons. The maximum absolute atomic E-state index is 12.4. The van der Waals surface area contributed by atoms with Gasteiger partial charge in [-0.25, -0.2) is 0 Å². The van der Waals surface area contributed by atoms with E-state index in [0.29, 0.717) is 25.8 Å². The third-order valence-electron chi connectivity index (χ3n) is 4.50. The van der Waals surface area contributed by atoms with Crippen LogP contribution in [0.15, 0.2) is 11.6 Å². The summed E-state index contributed by atoms with van der Waals surface area (Å²) in [5.74, 6) is -1.65. The van der Waals surface area contributed by atoms with Gasteiger partial charge in [-0.3, -0.25) is 9.59 Å². The number of nitrogens with zero attached hydrogens (tertiary/aromatic N) is 1. The van der Waals surface area contributed by atoms with E-state index in [4.69, 9.17) is 0 Å². The van der Waals surface area contributed by atoms with E-state index in [1.165, 1.54) is 12.0 Å². The number of halogens is 3. The minimum absolute atomic E-state index is 0.0213. The second kappa shape index (κ2) is 7.84. The normalized spacial score (nSPS) is 20.1. The number of nitrogens with one attached hydrogen (secondary N) is 1. The Morgan fingerprint density at radius 1 is 1.22 bits per heavy atom. The van der Waals surface area contributed by atoms with E-state index in [1.807, 2.05) is 0 Å². The summed E-state index contributed by atoms with van der Waals surface area (Å²) in [5.41, 5.74) is 1.18. The van der Waals surface area contributed by atoms with Crippen molar-refractivity contribution >= 4 is 11.8 Å². The van der Waals surface area contributed by atoms with E-state index >= 15 is 0 Å². The number of allylic oxidation sites excluding steroid dienone is 1. The summed E-state index contributed by atoms with van der Waals surface area (Å²) in [6, 6.07) is 0. The number of carbonyl (C=O) groups excluding carboxylic acids is 2. The summed E-state index contributed by atoms with van der Waals surface area (Å²) >= 11 is 0. The van der Waals surface area contributed by atoms with Crippen LogP contribution in [-0.2, 0) is 9.59 Å². The highest BCUT2D eigenvalue weighted by Crippen LogP contribution is 2.24. The first-order valence-electron chi connectivity index (χ1n) is 8.17. The molecule has 2 amide bonds. The number of hydrogen-bond donors (Lipinski definition) is 1. The summed E-state index contributed by atoms with van der Waals surface area (Å²) < 4.78 is 37.1. The standard InChI is InChI=1S/C16H23F3N2O2/c17-16(18,19)15(23)21-8-6-13(7-9-21)11-20-14(22)10-12-4-2-1-3-5-12/h4,13H,1-3,5-11H2,(H,20,22). The van der Waals surface area contributed by atoms with Crippen molar-refractivity contribution in [3.05, 3.63) is 11.6 Å². The molecule has 1 aliphatic heterocycles. The van der Waals surface area contributed by atoms with Gasteiger partial charge < -0.3 is 10.2 Å². The topological polar surface area (TPSA) is 49.4 Å². The van der Waals surface area contributed by atoms with Crippen LogP contribution in [0.1, 0.15) is 44.9 Å². The van der Waals surface area contributed by atoms with Crippen LogP contribution in [0.3, 0.4) is 0 Å². The Morgan fingerprint density at radius 3 is 2.48 bits per heavy atom. The highest BCUT2D eigenvalue weighted by molar-refractivity contribution is 5.82. The lowest BCUT2D eigenvalue weighted by Crippen LogP contribution is -2.46. The van der Waals surface area contributed by atoms with Crippen LogP contribution in [0, 0.1) is 5.92 Å². The van der Waals surface area contributed by atoms with Gasteiger partial charge in [0.05, 0.1) is 0 Å². The lowest BCUT2D eigenvalue weighted by molar-refractivity contribution is -0.186. The minimum atomic E-state index is -4.80. The van der Waals surface area contributed by atoms with Crippen LogP contribution in [0.5, 0.6) is 0 Å². The van der Waals surface area contributed by atoms with Crippen molar-refractivity contribution in [1.29, 1.82) is 0 Å². The average molecular weight is 332 g/mol. The Labute approximate surface area is 134 Å². The van der Waals surface area contributed by atoms with E-state index in [1.54, 1.807) is 0 Å². The van der Waals surface area contributed by atoms with Gasteiger partial charge in [0, 0.05) is 26.1 Å². The van der Waals surface area contributed by atoms with E-state index < -0.39 is 12.1 Å². The first-order chi connectivity index (χ1) is 10.9. The molecule has 1 aliphatic carbocycles. The van der Waals surface area contributed by atoms with Crippen molar-refractivity contribution in [3.8, 4) is 0 Å². The van der Waals surface area contributed by atoms with Gasteiger partial charge in [-0.05, 0) is 44.4 Å². The van der Waals surface area contributed by atoms with Crippen molar-refractivity contribution in [1.82, 2.24) is 10.2 Å². The number of piperidine rings is 1. The molecule has 0 aromatic carbocycles. The summed E-state index contributed by atoms with van der Waals surface area (Å²) in [7, 11) is 0. The smallest absolute Gasteiger partial charge is 0.356 e. The van der Waals surface area contributed by atoms with Gasteiger partial charge in [0.15, 0.2) is 0 Å². The van der Waals surface area contributed by atoms with E-state index in [-0.39, 0.29) is 24.9 Å². The Morgan fingerprint density at radius 2 is 1.91 bits per heavy atom. The minimum Gasteiger partial charge on any atom is -0.356 e. The molecular weight excluding hydrogens is 309 g/mol. The molecule has 0 atom stereocenters. The summed E-state index contributed by atoms with van der Waals surface area (Å²) in [6.45, 7) is 0.675. The molecule has 2 aliphatic rings. The Hall–Kier alpha value is -1.53. The van der Waals surface area contributed by atoms with Gasteiger partial charge in [-0.1, -0.05) is 11.6 Å². The fourth-order valence-corrected chi connectivity index (χ4v) is 3.11. The molecule has 0 saturated carbocycles. The molecule has 1 fully saturated rings. The molecule has 0 unspecified atom stereocenters. The average Bonchev–Trinajstić information content (AvgIpc) is 2.53. The molecule has 4 nitrogen and oxygen atoms in total. The largest absolute Gasteiger partial charge is 0.471 e. The van der Waals surface area contributed by atoms with E-state index in [2.05, 4.69) is 11.4 Å². The monoisotopic (exact) mass is 332 g/mol. The van der Waals surface area contributed by atoms with Gasteiger partial charge in [0.25, 0.3) is 0 Å². The second-order valence-corrected chi connectivity index (χ2v) is 6.32. The summed E-state index contributed by atoms with van der Waals surface area (Å²) in [5, 5.41) is 2.87. The number of amides is 2. The fraction of sp³-hybridized carbons (Fsp3) is 0.750. The predicted molar refractivity (Wildman–Crippen MR) is 79.5 cm³/mol. The Kier molecular flexibility index (Phi) is 6.07. The Bertz CT molecular complexity index is 466. The molecule has 1 saturated heterocycles. The number of alkyl halides is 3. The van der Waals surface area contributed by atoms with Crippen LogP contribution in [0.4, 0.5) is 13.2 Å². The highest BCUT2D eigenvalue weighted by Gasteiger charge is 2.43. The molecule has 0 bridgehead atoms. The molecule has 2 rings (SSSR count). The maximum atomic E-state index is 12.4. The molecule has 0 spiro atoms. The van der Waals surface area contributed by atoms with Crippen molar-refractivity contribution in [2.24, 2.45) is 5.92 Å². The lowest BCUT2D eigenvalue weighted by Gasteiger charge is -2.32. The van der Waals surface area contributed by atoms with Gasteiger partial charge in [0.1, 0.15) is 0 Å². The van der Waals surface area contributed by atoms with Gasteiger partial charge in [0.2, 0.25) is 5.91 Å². The number of hydrogen-bond acceptors (Lipinski definition) is 2. The van der Waals surface area contributed by atoms with Crippen molar-refractivity contribution in [2.75, 3.05) is 19.6 Å². The summed E-state index contributed by atoms with van der Waals surface area (Å²) in [6.07, 6.45) is 3.06. The number of likely N-dealkylation sites (tertiary alicyclic amines) is 1. The SMILES string of the molecule is O=C(CC1=CCCCC1)NCC1CCN(C(=O)C(F)(F)F)CC1. The maximum Gasteiger partial charge on any atom is 0.471 e. The molecule has 1 heterocycles. The molecule has 1 N–H and O–H groups in total. The number of carbonyl (C=O) groups is 2. The van der Waals surface area contributed by atoms with Gasteiger partial charge in [-0.2, -0.15) is 13.2 Å². The Balaban J connectivity index is 1.67. The number of rotatable bonds is 4. The van der Waals surface area contributed by atoms with Crippen molar-refractivity contribution in [3.63, 3.8) is 0 Å². The van der Waals surface area contributed by atoms with Crippen LogP contribution in [0.25, 0.3) is 0 Å². The van der Waals surface area contributed by atoms with Crippen LogP contribution < -0.4 is 5.32 Å². The summed E-state index contributed by atoms with van der Waals surface area (Å²) in [4.78, 5) is 23.9. The zero-order chi connectivity index (χ0) is 16.9. The first kappa shape index (κ1) is 17.8. The molecule has 0 aromatic heterocycles. The lowest BCUT2D eigenvalue weighted by atomic mass is 9.95. The highest BCUT2D eigenvalue weighted by atomic mass is 19.4. The quantitative estimate of drug-likeness (QED) is 0.805. The fourth-order valence-electron chi connectivity index (χ4n) is 3.11. The zero-order valence-electron chi connectivity index (χ0n) is 13.1. The predicted octanol–water partition coefficient (Wildman–Crippen LogP) is 2.79. The van der Waals surface area contributed by atoms with Crippen LogP contribution in [0.2, 0.25) is 0 Å². The molecule has 0 aromatic rings. The molecule has 23 heavy (non-hydrogen) atoms. The van der Waals surface area contributed by atoms with Gasteiger partial charge in [-0.15, -0.1) is 0 Å². The zero-order valence-corrected chi connectivity index (χ0v) is 13.1. The van der Waals surface area contributed by atoms with Crippen LogP contribution >= 0.6 is 0 Å². The molecule has 7 heteroatoms. The van der Waals surface area contributed by atoms with E-state index in [9.17, 15) is 22.8 Å². The third kappa shape index (κ3) is 5.55. The van der Waals surface area contributed by atoms with Gasteiger partial charge >= 0.3 is 12.1 Å². The third-order valence-corrected chi connectivity index (χ3v) is 4.50. The van der Waals surface area contributed by atoms with E-state index in [0.717, 1.165) is 24.2 Å². The second-order valence-electron chi connectivity index (χ2n) is 6.32. The molecule has 130 valence electrons. The van der Waals surface area contributed by atoms with Crippen molar-refractivity contribution in [2.45, 2.75) is 51.1 Å². The molecular formula is C16H23F3N2O2. The first-order valence-corrected chi connectivity index (χ1v) is 8.17. The van der Waals surface area contributed by atoms with Crippen molar-refractivity contribution < 1.29 is 22.8 Å².